The second-order valence-electron chi connectivity index (χ2n) is 9.18. The van der Waals surface area contributed by atoms with Crippen molar-refractivity contribution in [3.05, 3.63) is 90.0 Å². The Hall–Kier alpha value is -4.11. The quantitative estimate of drug-likeness (QED) is 0.501. The fraction of sp³-hybridized carbons (Fsp3) is 0.241. The van der Waals surface area contributed by atoms with E-state index in [0.717, 1.165) is 41.3 Å². The molecule has 0 aromatic heterocycles. The standard InChI is InChI=1S/C29H27N5O3S/c1-37-24-14-8-7-13-23(24)32-15-17-33(18-16-32)25(35)19-38-29-30-22-12-6-5-11-21(22)27-31-26(28(36)34(27)29)20-9-3-2-4-10-20/h2-14,26H,15-19H2,1H3. The number of thioether (sulfide) groups is 1. The molecular weight excluding hydrogens is 498 g/mol. The van der Waals surface area contributed by atoms with Crippen LogP contribution in [0.3, 0.4) is 0 Å². The number of hydrogen-bond donors (Lipinski definition) is 0. The first-order chi connectivity index (χ1) is 18.6. The van der Waals surface area contributed by atoms with Crippen LogP contribution in [0.2, 0.25) is 0 Å². The molecule has 1 unspecified atom stereocenters. The Morgan fingerprint density at radius 1 is 0.947 bits per heavy atom. The Kier molecular flexibility index (Phi) is 6.59. The normalized spacial score (nSPS) is 18.5. The average molecular weight is 526 g/mol. The van der Waals surface area contributed by atoms with E-state index < -0.39 is 6.04 Å². The molecule has 1 saturated heterocycles. The molecule has 0 N–H and O–H groups in total. The number of nitrogens with zero attached hydrogens (tertiary/aromatic N) is 5. The number of hydrogen-bond acceptors (Lipinski definition) is 7. The van der Waals surface area contributed by atoms with Crippen LogP contribution in [0, 0.1) is 0 Å². The molecule has 1 atom stereocenters. The third-order valence-corrected chi connectivity index (χ3v) is 7.89. The highest BCUT2D eigenvalue weighted by molar-refractivity contribution is 8.14. The van der Waals surface area contributed by atoms with Crippen LogP contribution < -0.4 is 9.64 Å². The van der Waals surface area contributed by atoms with Crippen LogP contribution in [0.5, 0.6) is 5.75 Å². The van der Waals surface area contributed by atoms with Gasteiger partial charge in [0.15, 0.2) is 11.2 Å². The van der Waals surface area contributed by atoms with Gasteiger partial charge in [0.2, 0.25) is 5.91 Å². The maximum Gasteiger partial charge on any atom is 0.263 e. The maximum absolute atomic E-state index is 13.5. The highest BCUT2D eigenvalue weighted by atomic mass is 32.2. The van der Waals surface area contributed by atoms with Gasteiger partial charge in [-0.25, -0.2) is 14.9 Å². The molecule has 0 radical (unpaired) electrons. The van der Waals surface area contributed by atoms with Crippen molar-refractivity contribution in [2.45, 2.75) is 6.04 Å². The topological polar surface area (TPSA) is 77.8 Å². The van der Waals surface area contributed by atoms with E-state index >= 15 is 0 Å². The molecule has 0 aliphatic carbocycles. The molecule has 3 aromatic rings. The molecule has 3 aromatic carbocycles. The summed E-state index contributed by atoms with van der Waals surface area (Å²) in [5, 5.41) is 0.492. The summed E-state index contributed by atoms with van der Waals surface area (Å²) in [4.78, 5) is 42.0. The number of anilines is 1. The molecule has 3 aliphatic rings. The molecule has 192 valence electrons. The number of benzene rings is 3. The monoisotopic (exact) mass is 525 g/mol. The van der Waals surface area contributed by atoms with Crippen molar-refractivity contribution >= 4 is 46.0 Å². The number of methoxy groups -OCH3 is 1. The lowest BCUT2D eigenvalue weighted by atomic mass is 10.1. The van der Waals surface area contributed by atoms with E-state index in [1.54, 1.807) is 12.0 Å². The van der Waals surface area contributed by atoms with Crippen molar-refractivity contribution in [3.63, 3.8) is 0 Å². The van der Waals surface area contributed by atoms with Crippen molar-refractivity contribution in [2.24, 2.45) is 9.98 Å². The lowest BCUT2D eigenvalue weighted by Gasteiger charge is -2.36. The number of rotatable bonds is 5. The second-order valence-corrected chi connectivity index (χ2v) is 10.1. The Bertz CT molecular complexity index is 1430. The van der Waals surface area contributed by atoms with Crippen molar-refractivity contribution in [3.8, 4) is 5.75 Å². The van der Waals surface area contributed by atoms with E-state index in [0.29, 0.717) is 24.1 Å². The van der Waals surface area contributed by atoms with Gasteiger partial charge >= 0.3 is 0 Å². The molecule has 9 heteroatoms. The fourth-order valence-corrected chi connectivity index (χ4v) is 5.91. The number of para-hydroxylation sites is 3. The summed E-state index contributed by atoms with van der Waals surface area (Å²) in [6.45, 7) is 2.70. The van der Waals surface area contributed by atoms with Gasteiger partial charge in [-0.1, -0.05) is 66.4 Å². The molecular formula is C29H27N5O3S. The van der Waals surface area contributed by atoms with E-state index in [4.69, 9.17) is 14.7 Å². The summed E-state index contributed by atoms with van der Waals surface area (Å²) in [7, 11) is 1.67. The largest absolute Gasteiger partial charge is 0.495 e. The number of amides is 2. The van der Waals surface area contributed by atoms with E-state index in [-0.39, 0.29) is 17.6 Å². The second kappa shape index (κ2) is 10.3. The van der Waals surface area contributed by atoms with E-state index in [2.05, 4.69) is 4.90 Å². The summed E-state index contributed by atoms with van der Waals surface area (Å²) in [5.41, 5.74) is 3.45. The Morgan fingerprint density at radius 3 is 2.45 bits per heavy atom. The summed E-state index contributed by atoms with van der Waals surface area (Å²) >= 11 is 1.29. The summed E-state index contributed by atoms with van der Waals surface area (Å²) in [5.74, 6) is 1.50. The Morgan fingerprint density at radius 2 is 1.66 bits per heavy atom. The van der Waals surface area contributed by atoms with Crippen molar-refractivity contribution in [2.75, 3.05) is 43.9 Å². The third-order valence-electron chi connectivity index (χ3n) is 6.97. The molecule has 6 rings (SSSR count). The highest BCUT2D eigenvalue weighted by Crippen LogP contribution is 2.37. The van der Waals surface area contributed by atoms with E-state index in [9.17, 15) is 9.59 Å². The summed E-state index contributed by atoms with van der Waals surface area (Å²) in [6, 6.07) is 24.5. The van der Waals surface area contributed by atoms with Gasteiger partial charge in [0.1, 0.15) is 11.6 Å². The lowest BCUT2D eigenvalue weighted by Crippen LogP contribution is -2.49. The molecule has 0 bridgehead atoms. The first-order valence-electron chi connectivity index (χ1n) is 12.6. The number of piperazine rings is 1. The molecule has 38 heavy (non-hydrogen) atoms. The van der Waals surface area contributed by atoms with Crippen LogP contribution in [0.15, 0.2) is 88.8 Å². The van der Waals surface area contributed by atoms with Gasteiger partial charge in [0.25, 0.3) is 5.91 Å². The molecule has 0 spiro atoms. The SMILES string of the molecule is COc1ccccc1N1CCN(C(=O)CSC2=Nc3ccccc3C3=NC(c4ccccc4)C(=O)N23)CC1. The predicted octanol–water partition coefficient (Wildman–Crippen LogP) is 4.11. The molecule has 0 saturated carbocycles. The van der Waals surface area contributed by atoms with Crippen LogP contribution in [-0.4, -0.2) is 71.7 Å². The highest BCUT2D eigenvalue weighted by Gasteiger charge is 2.42. The zero-order chi connectivity index (χ0) is 26.1. The van der Waals surface area contributed by atoms with Crippen LogP contribution >= 0.6 is 11.8 Å². The van der Waals surface area contributed by atoms with Gasteiger partial charge in [-0.3, -0.25) is 9.59 Å². The minimum absolute atomic E-state index is 0.0287. The van der Waals surface area contributed by atoms with E-state index in [1.165, 1.54) is 11.8 Å². The third kappa shape index (κ3) is 4.43. The minimum Gasteiger partial charge on any atom is -0.495 e. The molecule has 1 fully saturated rings. The zero-order valence-corrected chi connectivity index (χ0v) is 21.8. The summed E-state index contributed by atoms with van der Waals surface area (Å²) < 4.78 is 5.50. The zero-order valence-electron chi connectivity index (χ0n) is 21.0. The van der Waals surface area contributed by atoms with Crippen LogP contribution in [-0.2, 0) is 9.59 Å². The Labute approximate surface area is 225 Å². The average Bonchev–Trinajstić information content (AvgIpc) is 3.33. The fourth-order valence-electron chi connectivity index (χ4n) is 5.00. The number of amidine groups is 2. The van der Waals surface area contributed by atoms with Crippen LogP contribution in [0.25, 0.3) is 0 Å². The number of ether oxygens (including phenoxy) is 1. The summed E-state index contributed by atoms with van der Waals surface area (Å²) in [6.07, 6.45) is 0. The van der Waals surface area contributed by atoms with Gasteiger partial charge in [-0.2, -0.15) is 0 Å². The molecule has 8 nitrogen and oxygen atoms in total. The number of aliphatic imine (C=N–C) groups is 2. The van der Waals surface area contributed by atoms with Crippen LogP contribution in [0.1, 0.15) is 17.2 Å². The molecule has 3 aliphatic heterocycles. The Balaban J connectivity index is 1.16. The van der Waals surface area contributed by atoms with Crippen molar-refractivity contribution < 1.29 is 14.3 Å². The van der Waals surface area contributed by atoms with Gasteiger partial charge in [0, 0.05) is 31.7 Å². The van der Waals surface area contributed by atoms with Gasteiger partial charge in [-0.05, 0) is 29.8 Å². The van der Waals surface area contributed by atoms with Gasteiger partial charge < -0.3 is 14.5 Å². The number of carbonyl (C=O) groups excluding carboxylic acids is 2. The molecule has 3 heterocycles. The lowest BCUT2D eigenvalue weighted by molar-refractivity contribution is -0.128. The first-order valence-corrected chi connectivity index (χ1v) is 13.6. The van der Waals surface area contributed by atoms with Crippen molar-refractivity contribution in [1.82, 2.24) is 9.80 Å². The maximum atomic E-state index is 13.5. The number of carbonyl (C=O) groups is 2. The smallest absolute Gasteiger partial charge is 0.263 e. The van der Waals surface area contributed by atoms with Crippen LogP contribution in [0.4, 0.5) is 11.4 Å². The van der Waals surface area contributed by atoms with Crippen molar-refractivity contribution in [1.29, 1.82) is 0 Å². The van der Waals surface area contributed by atoms with Gasteiger partial charge in [0.05, 0.1) is 24.2 Å². The number of fused-ring (bicyclic) bond motifs is 3. The molecule has 2 amide bonds. The predicted molar refractivity (Wildman–Crippen MR) is 150 cm³/mol. The first kappa shape index (κ1) is 24.2. The minimum atomic E-state index is -0.623. The van der Waals surface area contributed by atoms with Gasteiger partial charge in [-0.15, -0.1) is 0 Å². The van der Waals surface area contributed by atoms with E-state index in [1.807, 2.05) is 83.8 Å².